The first-order valence-corrected chi connectivity index (χ1v) is 10.3. The first kappa shape index (κ1) is 19.6. The van der Waals surface area contributed by atoms with Crippen LogP contribution in [0.25, 0.3) is 27.7 Å². The Morgan fingerprint density at radius 2 is 2.16 bits per heavy atom. The Morgan fingerprint density at radius 3 is 2.90 bits per heavy atom. The summed E-state index contributed by atoms with van der Waals surface area (Å²) in [5.41, 5.74) is 3.52. The lowest BCUT2D eigenvalue weighted by Gasteiger charge is -2.35. The van der Waals surface area contributed by atoms with Crippen LogP contribution in [0.3, 0.4) is 0 Å². The topological polar surface area (TPSA) is 88.0 Å². The highest BCUT2D eigenvalue weighted by Gasteiger charge is 2.46. The van der Waals surface area contributed by atoms with E-state index in [2.05, 4.69) is 39.2 Å². The van der Waals surface area contributed by atoms with Crippen LogP contribution in [0.2, 0.25) is 0 Å². The highest BCUT2D eigenvalue weighted by Crippen LogP contribution is 2.37. The van der Waals surface area contributed by atoms with Crippen LogP contribution in [-0.4, -0.2) is 42.4 Å². The number of H-pyrrole nitrogens is 1. The lowest BCUT2D eigenvalue weighted by Crippen LogP contribution is -2.50. The van der Waals surface area contributed by atoms with Gasteiger partial charge < -0.3 is 10.3 Å². The second-order valence-corrected chi connectivity index (χ2v) is 8.59. The number of carbonyl (C=O) groups excluding carboxylic acids is 1. The standard InChI is InChI=1S/C22H22F2N6O/c1-12(2)5-19-25-10-16-15(9-26-20(16)29-19)13-3-4-30-18(6-13)17(11-27-30)21(31)28-14-7-22(23,24)8-14/h3-4,6,9-12,14H,5,7-8H2,1-2H3,(H,28,31)(H,25,26,29). The largest absolute Gasteiger partial charge is 0.349 e. The van der Waals surface area contributed by atoms with Crippen molar-refractivity contribution in [2.45, 2.75) is 45.1 Å². The predicted octanol–water partition coefficient (Wildman–Crippen LogP) is 4.00. The number of nitrogens with one attached hydrogen (secondary N) is 2. The fraction of sp³-hybridized carbons (Fsp3) is 0.364. The molecule has 0 bridgehead atoms. The van der Waals surface area contributed by atoms with Gasteiger partial charge in [0.25, 0.3) is 11.8 Å². The lowest BCUT2D eigenvalue weighted by atomic mass is 9.88. The highest BCUT2D eigenvalue weighted by atomic mass is 19.3. The van der Waals surface area contributed by atoms with Gasteiger partial charge in [-0.15, -0.1) is 0 Å². The van der Waals surface area contributed by atoms with Gasteiger partial charge in [0.15, 0.2) is 0 Å². The van der Waals surface area contributed by atoms with Gasteiger partial charge in [-0.1, -0.05) is 13.8 Å². The predicted molar refractivity (Wildman–Crippen MR) is 112 cm³/mol. The summed E-state index contributed by atoms with van der Waals surface area (Å²) in [5.74, 6) is -1.82. The molecule has 1 aliphatic rings. The highest BCUT2D eigenvalue weighted by molar-refractivity contribution is 6.02. The summed E-state index contributed by atoms with van der Waals surface area (Å²) < 4.78 is 27.8. The number of aromatic nitrogens is 5. The van der Waals surface area contributed by atoms with Gasteiger partial charge >= 0.3 is 0 Å². The van der Waals surface area contributed by atoms with Crippen LogP contribution in [0.15, 0.2) is 36.9 Å². The van der Waals surface area contributed by atoms with Crippen molar-refractivity contribution in [2.75, 3.05) is 0 Å². The molecule has 9 heteroatoms. The van der Waals surface area contributed by atoms with Gasteiger partial charge in [0.2, 0.25) is 0 Å². The Bertz CT molecular complexity index is 1280. The number of rotatable bonds is 5. The molecule has 31 heavy (non-hydrogen) atoms. The zero-order valence-corrected chi connectivity index (χ0v) is 17.2. The van der Waals surface area contributed by atoms with E-state index in [9.17, 15) is 13.6 Å². The zero-order valence-electron chi connectivity index (χ0n) is 17.2. The Hall–Kier alpha value is -3.36. The quantitative estimate of drug-likeness (QED) is 0.507. The average molecular weight is 424 g/mol. The van der Waals surface area contributed by atoms with E-state index in [0.717, 1.165) is 34.4 Å². The van der Waals surface area contributed by atoms with Crippen molar-refractivity contribution in [1.82, 2.24) is 29.9 Å². The normalized spacial score (nSPS) is 16.2. The molecule has 5 rings (SSSR count). The fourth-order valence-corrected chi connectivity index (χ4v) is 4.00. The number of pyridine rings is 1. The molecule has 4 aromatic heterocycles. The monoisotopic (exact) mass is 424 g/mol. The van der Waals surface area contributed by atoms with E-state index >= 15 is 0 Å². The molecule has 0 atom stereocenters. The van der Waals surface area contributed by atoms with Crippen molar-refractivity contribution in [3.8, 4) is 11.1 Å². The minimum absolute atomic E-state index is 0.322. The molecular formula is C22H22F2N6O. The van der Waals surface area contributed by atoms with Crippen molar-refractivity contribution in [3.05, 3.63) is 48.3 Å². The number of aromatic amines is 1. The molecule has 7 nitrogen and oxygen atoms in total. The van der Waals surface area contributed by atoms with E-state index in [4.69, 9.17) is 0 Å². The number of hydrogen-bond acceptors (Lipinski definition) is 4. The van der Waals surface area contributed by atoms with E-state index in [0.29, 0.717) is 17.0 Å². The Balaban J connectivity index is 1.46. The summed E-state index contributed by atoms with van der Waals surface area (Å²) in [6, 6.07) is 3.26. The SMILES string of the molecule is CC(C)Cc1ncc2c(-c3ccn4ncc(C(=O)NC5CC(F)(F)C5)c4c3)c[nH]c2n1. The third-order valence-electron chi connectivity index (χ3n) is 5.58. The van der Waals surface area contributed by atoms with Crippen molar-refractivity contribution in [2.24, 2.45) is 5.92 Å². The second-order valence-electron chi connectivity index (χ2n) is 8.59. The van der Waals surface area contributed by atoms with Crippen LogP contribution in [0, 0.1) is 5.92 Å². The maximum absolute atomic E-state index is 13.1. The van der Waals surface area contributed by atoms with E-state index in [1.54, 1.807) is 10.7 Å². The molecule has 4 heterocycles. The van der Waals surface area contributed by atoms with Crippen molar-refractivity contribution < 1.29 is 13.6 Å². The molecule has 1 amide bonds. The third-order valence-corrected chi connectivity index (χ3v) is 5.58. The molecule has 0 unspecified atom stereocenters. The molecule has 1 aliphatic carbocycles. The molecular weight excluding hydrogens is 402 g/mol. The van der Waals surface area contributed by atoms with Crippen LogP contribution in [0.5, 0.6) is 0 Å². The maximum Gasteiger partial charge on any atom is 0.255 e. The molecule has 0 spiro atoms. The maximum atomic E-state index is 13.1. The molecule has 2 N–H and O–H groups in total. The molecule has 0 aromatic carbocycles. The van der Waals surface area contributed by atoms with E-state index in [-0.39, 0.29) is 12.8 Å². The van der Waals surface area contributed by atoms with E-state index in [1.165, 1.54) is 6.20 Å². The number of nitrogens with zero attached hydrogens (tertiary/aromatic N) is 4. The number of fused-ring (bicyclic) bond motifs is 2. The summed E-state index contributed by atoms with van der Waals surface area (Å²) in [6.45, 7) is 4.25. The van der Waals surface area contributed by atoms with E-state index in [1.807, 2.05) is 24.5 Å². The van der Waals surface area contributed by atoms with Gasteiger partial charge in [-0.25, -0.2) is 23.3 Å². The summed E-state index contributed by atoms with van der Waals surface area (Å²) >= 11 is 0. The minimum atomic E-state index is -2.68. The van der Waals surface area contributed by atoms with Crippen LogP contribution in [0.1, 0.15) is 42.9 Å². The van der Waals surface area contributed by atoms with Crippen molar-refractivity contribution in [1.29, 1.82) is 0 Å². The summed E-state index contributed by atoms with van der Waals surface area (Å²) in [6.07, 6.45) is 7.08. The number of carbonyl (C=O) groups is 1. The fourth-order valence-electron chi connectivity index (χ4n) is 4.00. The third kappa shape index (κ3) is 3.64. The minimum Gasteiger partial charge on any atom is -0.349 e. The summed E-state index contributed by atoms with van der Waals surface area (Å²) in [5, 5.41) is 7.78. The number of alkyl halides is 2. The Labute approximate surface area is 176 Å². The zero-order chi connectivity index (χ0) is 21.8. The molecule has 1 saturated carbocycles. The van der Waals surface area contributed by atoms with Gasteiger partial charge in [0.1, 0.15) is 11.5 Å². The Morgan fingerprint density at radius 1 is 1.35 bits per heavy atom. The van der Waals surface area contributed by atoms with Crippen LogP contribution in [0.4, 0.5) is 8.78 Å². The average Bonchev–Trinajstić information content (AvgIpc) is 3.29. The Kier molecular flexibility index (Phi) is 4.49. The molecule has 0 saturated heterocycles. The molecule has 160 valence electrons. The molecule has 0 aliphatic heterocycles. The summed E-state index contributed by atoms with van der Waals surface area (Å²) in [4.78, 5) is 24.9. The second kappa shape index (κ2) is 7.11. The van der Waals surface area contributed by atoms with Gasteiger partial charge in [0.05, 0.1) is 17.3 Å². The molecule has 1 fully saturated rings. The van der Waals surface area contributed by atoms with Gasteiger partial charge in [0, 0.05) is 54.8 Å². The van der Waals surface area contributed by atoms with Gasteiger partial charge in [-0.05, 0) is 23.6 Å². The molecule has 0 radical (unpaired) electrons. The van der Waals surface area contributed by atoms with Crippen LogP contribution < -0.4 is 5.32 Å². The first-order chi connectivity index (χ1) is 14.8. The lowest BCUT2D eigenvalue weighted by molar-refractivity contribution is -0.0901. The molecule has 4 aromatic rings. The van der Waals surface area contributed by atoms with Crippen molar-refractivity contribution >= 4 is 22.5 Å². The smallest absolute Gasteiger partial charge is 0.255 e. The van der Waals surface area contributed by atoms with E-state index < -0.39 is 17.9 Å². The first-order valence-electron chi connectivity index (χ1n) is 10.3. The number of halogens is 2. The van der Waals surface area contributed by atoms with Crippen molar-refractivity contribution in [3.63, 3.8) is 0 Å². The summed E-state index contributed by atoms with van der Waals surface area (Å²) in [7, 11) is 0. The number of amides is 1. The number of hydrogen-bond donors (Lipinski definition) is 2. The van der Waals surface area contributed by atoms with Gasteiger partial charge in [-0.3, -0.25) is 4.79 Å². The van der Waals surface area contributed by atoms with Crippen LogP contribution >= 0.6 is 0 Å². The van der Waals surface area contributed by atoms with Gasteiger partial charge in [-0.2, -0.15) is 5.10 Å². The van der Waals surface area contributed by atoms with Crippen LogP contribution in [-0.2, 0) is 6.42 Å².